The lowest BCUT2D eigenvalue weighted by Gasteiger charge is -2.05. The standard InChI is InChI=1S/C25H46N/c1-3-5-7-9-11-12-13-14-15-17-21-25-22-18-20-24-26(25)23-19-16-10-8-6-4-2/h18,20,22,24H,3-17,19,21,23H2,1-2H3/q+1. The molecule has 0 radical (unpaired) electrons. The predicted molar refractivity (Wildman–Crippen MR) is 116 cm³/mol. The third-order valence-electron chi connectivity index (χ3n) is 5.57. The number of pyridine rings is 1. The van der Waals surface area contributed by atoms with Crippen LogP contribution in [0.1, 0.15) is 122 Å². The van der Waals surface area contributed by atoms with Crippen LogP contribution >= 0.6 is 0 Å². The molecule has 1 aromatic heterocycles. The van der Waals surface area contributed by atoms with Crippen molar-refractivity contribution in [2.75, 3.05) is 0 Å². The van der Waals surface area contributed by atoms with E-state index >= 15 is 0 Å². The Morgan fingerprint density at radius 1 is 0.577 bits per heavy atom. The molecule has 0 aromatic carbocycles. The fourth-order valence-corrected chi connectivity index (χ4v) is 3.81. The summed E-state index contributed by atoms with van der Waals surface area (Å²) in [6.45, 7) is 5.80. The molecule has 0 saturated heterocycles. The number of nitrogens with zero attached hydrogens (tertiary/aromatic N) is 1. The lowest BCUT2D eigenvalue weighted by atomic mass is 10.0. The smallest absolute Gasteiger partial charge is 0.181 e. The molecule has 0 bridgehead atoms. The van der Waals surface area contributed by atoms with Gasteiger partial charge in [-0.05, 0) is 12.8 Å². The second-order valence-electron chi connectivity index (χ2n) is 8.09. The number of unbranched alkanes of at least 4 members (excludes halogenated alkanes) is 14. The van der Waals surface area contributed by atoms with Crippen LogP contribution < -0.4 is 4.57 Å². The fourth-order valence-electron chi connectivity index (χ4n) is 3.81. The molecule has 0 atom stereocenters. The normalized spacial score (nSPS) is 11.2. The number of rotatable bonds is 18. The Hall–Kier alpha value is -0.850. The molecule has 1 rings (SSSR count). The van der Waals surface area contributed by atoms with E-state index in [9.17, 15) is 0 Å². The van der Waals surface area contributed by atoms with Gasteiger partial charge in [-0.3, -0.25) is 0 Å². The quantitative estimate of drug-likeness (QED) is 0.186. The zero-order chi connectivity index (χ0) is 18.7. The zero-order valence-electron chi connectivity index (χ0n) is 18.0. The molecule has 26 heavy (non-hydrogen) atoms. The third kappa shape index (κ3) is 12.5. The maximum atomic E-state index is 2.51. The monoisotopic (exact) mass is 360 g/mol. The van der Waals surface area contributed by atoms with Gasteiger partial charge in [-0.25, -0.2) is 4.57 Å². The fraction of sp³-hybridized carbons (Fsp3) is 0.800. The van der Waals surface area contributed by atoms with E-state index in [1.807, 2.05) is 0 Å². The Kier molecular flexibility index (Phi) is 15.7. The van der Waals surface area contributed by atoms with Gasteiger partial charge in [0.15, 0.2) is 11.9 Å². The first-order valence-electron chi connectivity index (χ1n) is 11.9. The molecule has 0 aliphatic rings. The minimum absolute atomic E-state index is 1.21. The van der Waals surface area contributed by atoms with Crippen LogP contribution in [0.5, 0.6) is 0 Å². The van der Waals surface area contributed by atoms with Crippen molar-refractivity contribution >= 4 is 0 Å². The van der Waals surface area contributed by atoms with Crippen molar-refractivity contribution < 1.29 is 4.57 Å². The molecule has 1 heteroatoms. The predicted octanol–water partition coefficient (Wildman–Crippen LogP) is 7.80. The Morgan fingerprint density at radius 2 is 1.08 bits per heavy atom. The first-order chi connectivity index (χ1) is 12.9. The summed E-state index contributed by atoms with van der Waals surface area (Å²) >= 11 is 0. The van der Waals surface area contributed by atoms with Gasteiger partial charge in [0, 0.05) is 25.0 Å². The Labute approximate surface area is 164 Å². The maximum Gasteiger partial charge on any atom is 0.181 e. The molecule has 150 valence electrons. The van der Waals surface area contributed by atoms with E-state index in [1.165, 1.54) is 116 Å². The summed E-state index contributed by atoms with van der Waals surface area (Å²) in [7, 11) is 0. The summed E-state index contributed by atoms with van der Waals surface area (Å²) in [6.07, 6.45) is 26.1. The van der Waals surface area contributed by atoms with Crippen LogP contribution in [0, 0.1) is 0 Å². The second kappa shape index (κ2) is 17.6. The summed E-state index contributed by atoms with van der Waals surface area (Å²) in [4.78, 5) is 0. The van der Waals surface area contributed by atoms with Crippen molar-refractivity contribution in [2.45, 2.75) is 130 Å². The van der Waals surface area contributed by atoms with Gasteiger partial charge < -0.3 is 0 Å². The molecular formula is C25H46N+. The SMILES string of the molecule is CCCCCCCCCCCCc1cccc[n+]1CCCCCCCC. The Bertz CT molecular complexity index is 412. The van der Waals surface area contributed by atoms with Crippen molar-refractivity contribution in [3.8, 4) is 0 Å². The lowest BCUT2D eigenvalue weighted by Crippen LogP contribution is -2.37. The van der Waals surface area contributed by atoms with Gasteiger partial charge in [-0.15, -0.1) is 0 Å². The number of hydrogen-bond donors (Lipinski definition) is 0. The van der Waals surface area contributed by atoms with E-state index in [4.69, 9.17) is 0 Å². The second-order valence-corrected chi connectivity index (χ2v) is 8.09. The maximum absolute atomic E-state index is 2.51. The van der Waals surface area contributed by atoms with Crippen molar-refractivity contribution in [1.82, 2.24) is 0 Å². The highest BCUT2D eigenvalue weighted by Crippen LogP contribution is 2.12. The molecule has 0 spiro atoms. The van der Waals surface area contributed by atoms with Gasteiger partial charge in [0.1, 0.15) is 6.54 Å². The van der Waals surface area contributed by atoms with E-state index in [0.29, 0.717) is 0 Å². The highest BCUT2D eigenvalue weighted by Gasteiger charge is 2.08. The van der Waals surface area contributed by atoms with Gasteiger partial charge in [0.25, 0.3) is 0 Å². The lowest BCUT2D eigenvalue weighted by molar-refractivity contribution is -0.704. The molecule has 1 nitrogen and oxygen atoms in total. The van der Waals surface area contributed by atoms with Crippen LogP contribution in [-0.4, -0.2) is 0 Å². The van der Waals surface area contributed by atoms with Crippen LogP contribution in [0.25, 0.3) is 0 Å². The molecule has 0 fully saturated rings. The first-order valence-corrected chi connectivity index (χ1v) is 11.9. The van der Waals surface area contributed by atoms with Crippen molar-refractivity contribution in [2.24, 2.45) is 0 Å². The van der Waals surface area contributed by atoms with Gasteiger partial charge in [-0.2, -0.15) is 0 Å². The molecule has 0 saturated carbocycles. The van der Waals surface area contributed by atoms with Gasteiger partial charge in [0.05, 0.1) is 0 Å². The average Bonchev–Trinajstić information content (AvgIpc) is 2.67. The topological polar surface area (TPSA) is 3.88 Å². The summed E-state index contributed by atoms with van der Waals surface area (Å²) in [5.41, 5.74) is 1.54. The number of aromatic nitrogens is 1. The van der Waals surface area contributed by atoms with E-state index in [2.05, 4.69) is 42.8 Å². The van der Waals surface area contributed by atoms with Crippen LogP contribution in [0.2, 0.25) is 0 Å². The molecule has 1 heterocycles. The van der Waals surface area contributed by atoms with Crippen LogP contribution in [0.15, 0.2) is 24.4 Å². The van der Waals surface area contributed by atoms with E-state index in [1.54, 1.807) is 5.69 Å². The van der Waals surface area contributed by atoms with E-state index < -0.39 is 0 Å². The van der Waals surface area contributed by atoms with Crippen molar-refractivity contribution in [3.63, 3.8) is 0 Å². The minimum Gasteiger partial charge on any atom is -0.202 e. The molecule has 0 unspecified atom stereocenters. The van der Waals surface area contributed by atoms with E-state index in [-0.39, 0.29) is 0 Å². The van der Waals surface area contributed by atoms with Gasteiger partial charge >= 0.3 is 0 Å². The first kappa shape index (κ1) is 23.2. The van der Waals surface area contributed by atoms with Crippen LogP contribution in [0.4, 0.5) is 0 Å². The number of aryl methyl sites for hydroxylation is 2. The summed E-state index contributed by atoms with van der Waals surface area (Å²) < 4.78 is 2.51. The summed E-state index contributed by atoms with van der Waals surface area (Å²) in [6, 6.07) is 6.74. The van der Waals surface area contributed by atoms with Crippen LogP contribution in [-0.2, 0) is 13.0 Å². The molecule has 0 aliphatic heterocycles. The minimum atomic E-state index is 1.21. The highest BCUT2D eigenvalue weighted by atomic mass is 14.9. The van der Waals surface area contributed by atoms with Gasteiger partial charge in [-0.1, -0.05) is 103 Å². The van der Waals surface area contributed by atoms with Gasteiger partial charge in [0.2, 0.25) is 0 Å². The Balaban J connectivity index is 2.07. The third-order valence-corrected chi connectivity index (χ3v) is 5.57. The summed E-state index contributed by atoms with van der Waals surface area (Å²) in [5, 5.41) is 0. The van der Waals surface area contributed by atoms with Crippen molar-refractivity contribution in [3.05, 3.63) is 30.1 Å². The molecule has 0 N–H and O–H groups in total. The summed E-state index contributed by atoms with van der Waals surface area (Å²) in [5.74, 6) is 0. The van der Waals surface area contributed by atoms with E-state index in [0.717, 1.165) is 0 Å². The van der Waals surface area contributed by atoms with Crippen molar-refractivity contribution in [1.29, 1.82) is 0 Å². The average molecular weight is 361 g/mol. The number of hydrogen-bond acceptors (Lipinski definition) is 0. The largest absolute Gasteiger partial charge is 0.202 e. The molecule has 1 aromatic rings. The zero-order valence-corrected chi connectivity index (χ0v) is 18.0. The Morgan fingerprint density at radius 3 is 1.65 bits per heavy atom. The highest BCUT2D eigenvalue weighted by molar-refractivity contribution is 4.97. The molecule has 0 aliphatic carbocycles. The van der Waals surface area contributed by atoms with Crippen LogP contribution in [0.3, 0.4) is 0 Å². The molecule has 0 amide bonds. The molecular weight excluding hydrogens is 314 g/mol.